The first-order chi connectivity index (χ1) is 16.4. The predicted octanol–water partition coefficient (Wildman–Crippen LogP) is 3.76. The number of nitrogens with one attached hydrogen (secondary N) is 1. The molecule has 0 fully saturated rings. The monoisotopic (exact) mass is 458 g/mol. The van der Waals surface area contributed by atoms with E-state index in [9.17, 15) is 14.0 Å². The van der Waals surface area contributed by atoms with Crippen LogP contribution in [0.2, 0.25) is 0 Å². The number of primary amides is 1. The van der Waals surface area contributed by atoms with Crippen molar-refractivity contribution >= 4 is 11.8 Å². The number of nitrogens with two attached hydrogens (primary N) is 1. The van der Waals surface area contributed by atoms with Gasteiger partial charge < -0.3 is 20.4 Å². The zero-order valence-corrected chi connectivity index (χ0v) is 18.4. The van der Waals surface area contributed by atoms with Crippen molar-refractivity contribution in [3.63, 3.8) is 0 Å². The summed E-state index contributed by atoms with van der Waals surface area (Å²) in [6.45, 7) is 0.145. The summed E-state index contributed by atoms with van der Waals surface area (Å²) < 4.78 is 21.0. The number of aryl methyl sites for hydroxylation is 1. The maximum Gasteiger partial charge on any atom is 0.252 e. The topological polar surface area (TPSA) is 99.2 Å². The van der Waals surface area contributed by atoms with Crippen LogP contribution in [-0.4, -0.2) is 21.4 Å². The molecule has 0 bridgehead atoms. The summed E-state index contributed by atoms with van der Waals surface area (Å²) >= 11 is 0. The number of carbonyl (C=O) groups is 2. The summed E-state index contributed by atoms with van der Waals surface area (Å²) in [5.41, 5.74) is 7.55. The first kappa shape index (κ1) is 22.7. The number of benzene rings is 3. The molecule has 3 N–H and O–H groups in total. The zero-order valence-electron chi connectivity index (χ0n) is 18.4. The molecular weight excluding hydrogens is 435 g/mol. The van der Waals surface area contributed by atoms with Gasteiger partial charge in [-0.05, 0) is 47.5 Å². The molecule has 1 atom stereocenters. The molecule has 1 aromatic heterocycles. The van der Waals surface area contributed by atoms with E-state index in [1.165, 1.54) is 12.1 Å². The normalized spacial score (nSPS) is 11.6. The van der Waals surface area contributed by atoms with Gasteiger partial charge in [0.1, 0.15) is 30.0 Å². The number of nitrogens with zero attached hydrogens (tertiary/aromatic N) is 2. The van der Waals surface area contributed by atoms with Crippen LogP contribution in [0.25, 0.3) is 0 Å². The molecule has 0 saturated heterocycles. The van der Waals surface area contributed by atoms with Gasteiger partial charge in [0.2, 0.25) is 0 Å². The van der Waals surface area contributed by atoms with E-state index in [1.54, 1.807) is 71.6 Å². The second-order valence-corrected chi connectivity index (χ2v) is 7.70. The van der Waals surface area contributed by atoms with Crippen molar-refractivity contribution in [1.82, 2.24) is 14.9 Å². The van der Waals surface area contributed by atoms with Crippen molar-refractivity contribution in [3.05, 3.63) is 119 Å². The first-order valence-electron chi connectivity index (χ1n) is 10.6. The maximum absolute atomic E-state index is 13.5. The van der Waals surface area contributed by atoms with Gasteiger partial charge in [-0.2, -0.15) is 0 Å². The van der Waals surface area contributed by atoms with Gasteiger partial charge in [0.05, 0.1) is 5.56 Å². The lowest BCUT2D eigenvalue weighted by atomic mass is 10.0. The number of amides is 2. The van der Waals surface area contributed by atoms with E-state index < -0.39 is 11.9 Å². The summed E-state index contributed by atoms with van der Waals surface area (Å²) in [7, 11) is 1.83. The van der Waals surface area contributed by atoms with Crippen LogP contribution in [0.5, 0.6) is 5.75 Å². The number of aromatic nitrogens is 2. The number of ether oxygens (including phenoxy) is 1. The highest BCUT2D eigenvalue weighted by atomic mass is 19.1. The van der Waals surface area contributed by atoms with Crippen LogP contribution in [0.1, 0.15) is 43.7 Å². The molecule has 4 rings (SSSR count). The molecule has 1 unspecified atom stereocenters. The molecule has 0 radical (unpaired) electrons. The smallest absolute Gasteiger partial charge is 0.252 e. The number of rotatable bonds is 8. The molecule has 0 spiro atoms. The summed E-state index contributed by atoms with van der Waals surface area (Å²) in [4.78, 5) is 29.1. The second-order valence-electron chi connectivity index (χ2n) is 7.70. The van der Waals surface area contributed by atoms with E-state index in [1.807, 2.05) is 13.1 Å². The fraction of sp³-hybridized carbons (Fsp3) is 0.115. The Morgan fingerprint density at radius 3 is 2.56 bits per heavy atom. The standard InChI is InChI=1S/C26H23FN4O3/c1-31-14-13-29-25(31)23(18-9-11-20(27)12-10-18)30-26(33)19-6-4-5-17(15-19)16-34-22-8-3-2-7-21(22)24(28)32/h2-15,23H,16H2,1H3,(H2,28,32)(H,30,33). The summed E-state index contributed by atoms with van der Waals surface area (Å²) in [5, 5.41) is 2.99. The maximum atomic E-state index is 13.5. The van der Waals surface area contributed by atoms with Crippen LogP contribution in [0.4, 0.5) is 4.39 Å². The third-order valence-corrected chi connectivity index (χ3v) is 5.33. The van der Waals surface area contributed by atoms with E-state index >= 15 is 0 Å². The molecule has 172 valence electrons. The largest absolute Gasteiger partial charge is 0.488 e. The molecule has 8 heteroatoms. The van der Waals surface area contributed by atoms with Gasteiger partial charge >= 0.3 is 0 Å². The average molecular weight is 458 g/mol. The Morgan fingerprint density at radius 1 is 1.09 bits per heavy atom. The zero-order chi connectivity index (χ0) is 24.1. The third-order valence-electron chi connectivity index (χ3n) is 5.33. The van der Waals surface area contributed by atoms with E-state index in [-0.39, 0.29) is 23.9 Å². The van der Waals surface area contributed by atoms with Crippen molar-refractivity contribution < 1.29 is 18.7 Å². The van der Waals surface area contributed by atoms with Gasteiger partial charge in [0.25, 0.3) is 11.8 Å². The fourth-order valence-corrected chi connectivity index (χ4v) is 3.58. The van der Waals surface area contributed by atoms with Crippen molar-refractivity contribution in [2.75, 3.05) is 0 Å². The fourth-order valence-electron chi connectivity index (χ4n) is 3.58. The minimum absolute atomic E-state index is 0.145. The van der Waals surface area contributed by atoms with Crippen LogP contribution in [0.3, 0.4) is 0 Å². The molecule has 1 heterocycles. The lowest BCUT2D eigenvalue weighted by Crippen LogP contribution is -2.31. The van der Waals surface area contributed by atoms with Crippen LogP contribution in [0.15, 0.2) is 85.2 Å². The Balaban J connectivity index is 1.53. The molecule has 0 aliphatic heterocycles. The number of imidazole rings is 1. The van der Waals surface area contributed by atoms with Gasteiger partial charge in [-0.15, -0.1) is 0 Å². The number of halogens is 1. The SMILES string of the molecule is Cn1ccnc1C(NC(=O)c1cccc(COc2ccccc2C(N)=O)c1)c1ccc(F)cc1. The minimum atomic E-state index is -0.579. The molecule has 0 aliphatic carbocycles. The average Bonchev–Trinajstić information content (AvgIpc) is 3.27. The Morgan fingerprint density at radius 2 is 1.85 bits per heavy atom. The lowest BCUT2D eigenvalue weighted by molar-refractivity contribution is 0.0940. The number of carbonyl (C=O) groups excluding carboxylic acids is 2. The highest BCUT2D eigenvalue weighted by molar-refractivity contribution is 5.95. The summed E-state index contributed by atoms with van der Waals surface area (Å²) in [5.74, 6) is -0.278. The van der Waals surface area contributed by atoms with E-state index in [4.69, 9.17) is 10.5 Å². The highest BCUT2D eigenvalue weighted by Crippen LogP contribution is 2.22. The van der Waals surface area contributed by atoms with Crippen molar-refractivity contribution in [1.29, 1.82) is 0 Å². The Labute approximate surface area is 196 Å². The molecule has 7 nitrogen and oxygen atoms in total. The van der Waals surface area contributed by atoms with Crippen LogP contribution >= 0.6 is 0 Å². The number of hydrogen-bond acceptors (Lipinski definition) is 4. The van der Waals surface area contributed by atoms with Crippen LogP contribution in [0, 0.1) is 5.82 Å². The van der Waals surface area contributed by atoms with Gasteiger partial charge in [-0.1, -0.05) is 36.4 Å². The van der Waals surface area contributed by atoms with E-state index in [2.05, 4.69) is 10.3 Å². The van der Waals surface area contributed by atoms with E-state index in [0.29, 0.717) is 22.7 Å². The summed E-state index contributed by atoms with van der Waals surface area (Å²) in [6.07, 6.45) is 3.42. The Bertz CT molecular complexity index is 1320. The van der Waals surface area contributed by atoms with Gasteiger partial charge in [0, 0.05) is 25.0 Å². The lowest BCUT2D eigenvalue weighted by Gasteiger charge is -2.19. The van der Waals surface area contributed by atoms with Crippen molar-refractivity contribution in [2.24, 2.45) is 12.8 Å². The minimum Gasteiger partial charge on any atom is -0.488 e. The molecule has 4 aromatic rings. The van der Waals surface area contributed by atoms with Crippen LogP contribution < -0.4 is 15.8 Å². The Hall–Kier alpha value is -4.46. The molecule has 0 aliphatic rings. The van der Waals surface area contributed by atoms with Gasteiger partial charge in [0.15, 0.2) is 0 Å². The van der Waals surface area contributed by atoms with E-state index in [0.717, 1.165) is 5.56 Å². The highest BCUT2D eigenvalue weighted by Gasteiger charge is 2.22. The van der Waals surface area contributed by atoms with Crippen molar-refractivity contribution in [2.45, 2.75) is 12.6 Å². The van der Waals surface area contributed by atoms with Gasteiger partial charge in [-0.3, -0.25) is 9.59 Å². The van der Waals surface area contributed by atoms with Gasteiger partial charge in [-0.25, -0.2) is 9.37 Å². The Kier molecular flexibility index (Phi) is 6.68. The predicted molar refractivity (Wildman–Crippen MR) is 125 cm³/mol. The molecule has 0 saturated carbocycles. The molecule has 34 heavy (non-hydrogen) atoms. The van der Waals surface area contributed by atoms with Crippen molar-refractivity contribution in [3.8, 4) is 5.75 Å². The molecule has 3 aromatic carbocycles. The quantitative estimate of drug-likeness (QED) is 0.420. The molecule has 2 amide bonds. The first-order valence-corrected chi connectivity index (χ1v) is 10.6. The van der Waals surface area contributed by atoms with Crippen LogP contribution in [-0.2, 0) is 13.7 Å². The second kappa shape index (κ2) is 9.99. The molecular formula is C26H23FN4O3. The third kappa shape index (κ3) is 5.12. The number of para-hydroxylation sites is 1. The number of hydrogen-bond donors (Lipinski definition) is 2. The summed E-state index contributed by atoms with van der Waals surface area (Å²) in [6, 6.07) is 19.0.